The second-order valence-electron chi connectivity index (χ2n) is 5.98. The van der Waals surface area contributed by atoms with Crippen molar-refractivity contribution in [1.29, 1.82) is 5.26 Å². The first-order valence-electron chi connectivity index (χ1n) is 7.31. The summed E-state index contributed by atoms with van der Waals surface area (Å²) in [5, 5.41) is 9.56. The van der Waals surface area contributed by atoms with E-state index in [0.29, 0.717) is 5.92 Å². The van der Waals surface area contributed by atoms with Gasteiger partial charge in [-0.25, -0.2) is 0 Å². The standard InChI is InChI=1S/C17H23NO/c1-14(2)12-19-16-8-6-15(7-9-16)17(13-18)10-4-3-5-11-17/h6-9,14H,3-5,10-12H2,1-2H3. The monoisotopic (exact) mass is 257 g/mol. The molecule has 19 heavy (non-hydrogen) atoms. The minimum absolute atomic E-state index is 0.255. The molecule has 0 aliphatic heterocycles. The summed E-state index contributed by atoms with van der Waals surface area (Å²) in [6.45, 7) is 5.02. The van der Waals surface area contributed by atoms with Crippen molar-refractivity contribution >= 4 is 0 Å². The first-order chi connectivity index (χ1) is 9.16. The van der Waals surface area contributed by atoms with E-state index in [0.717, 1.165) is 30.8 Å². The largest absolute Gasteiger partial charge is 0.493 e. The average Bonchev–Trinajstić information content (AvgIpc) is 2.46. The second-order valence-corrected chi connectivity index (χ2v) is 5.98. The van der Waals surface area contributed by atoms with Crippen LogP contribution in [0.1, 0.15) is 51.5 Å². The summed E-state index contributed by atoms with van der Waals surface area (Å²) < 4.78 is 5.69. The fourth-order valence-electron chi connectivity index (χ4n) is 2.75. The molecule has 0 radical (unpaired) electrons. The molecule has 102 valence electrons. The lowest BCUT2D eigenvalue weighted by Crippen LogP contribution is -2.26. The highest BCUT2D eigenvalue weighted by Crippen LogP contribution is 2.39. The number of rotatable bonds is 4. The molecular formula is C17H23NO. The molecule has 0 saturated heterocycles. The molecule has 1 aromatic rings. The van der Waals surface area contributed by atoms with E-state index in [9.17, 15) is 5.26 Å². The Hall–Kier alpha value is -1.49. The Bertz CT molecular complexity index is 435. The van der Waals surface area contributed by atoms with E-state index in [-0.39, 0.29) is 5.41 Å². The first kappa shape index (κ1) is 13.9. The van der Waals surface area contributed by atoms with E-state index < -0.39 is 0 Å². The predicted molar refractivity (Wildman–Crippen MR) is 77.2 cm³/mol. The maximum absolute atomic E-state index is 9.56. The zero-order chi connectivity index (χ0) is 13.7. The summed E-state index contributed by atoms with van der Waals surface area (Å²) in [5.41, 5.74) is 0.904. The number of ether oxygens (including phenoxy) is 1. The van der Waals surface area contributed by atoms with Crippen LogP contribution in [0.15, 0.2) is 24.3 Å². The molecule has 1 aliphatic rings. The zero-order valence-corrected chi connectivity index (χ0v) is 12.0. The number of benzene rings is 1. The van der Waals surface area contributed by atoms with E-state index in [2.05, 4.69) is 32.0 Å². The maximum Gasteiger partial charge on any atom is 0.119 e. The predicted octanol–water partition coefficient (Wildman–Crippen LogP) is 4.45. The number of nitriles is 1. The molecule has 2 heteroatoms. The summed E-state index contributed by atoms with van der Waals surface area (Å²) >= 11 is 0. The fraction of sp³-hybridized carbons (Fsp3) is 0.588. The Labute approximate surface area is 116 Å². The van der Waals surface area contributed by atoms with Gasteiger partial charge in [-0.3, -0.25) is 0 Å². The van der Waals surface area contributed by atoms with Gasteiger partial charge in [0, 0.05) is 0 Å². The molecule has 0 atom stereocenters. The van der Waals surface area contributed by atoms with E-state index in [1.807, 2.05) is 12.1 Å². The lowest BCUT2D eigenvalue weighted by molar-refractivity contribution is 0.270. The highest BCUT2D eigenvalue weighted by molar-refractivity contribution is 5.37. The highest BCUT2D eigenvalue weighted by atomic mass is 16.5. The van der Waals surface area contributed by atoms with Crippen molar-refractivity contribution in [2.45, 2.75) is 51.4 Å². The maximum atomic E-state index is 9.56. The Morgan fingerprint density at radius 1 is 1.16 bits per heavy atom. The smallest absolute Gasteiger partial charge is 0.119 e. The van der Waals surface area contributed by atoms with Crippen molar-refractivity contribution in [3.05, 3.63) is 29.8 Å². The van der Waals surface area contributed by atoms with Crippen molar-refractivity contribution in [3.8, 4) is 11.8 Å². The van der Waals surface area contributed by atoms with Crippen LogP contribution in [0, 0.1) is 17.2 Å². The van der Waals surface area contributed by atoms with Crippen LogP contribution in [0.25, 0.3) is 0 Å². The third kappa shape index (κ3) is 3.29. The molecule has 2 rings (SSSR count). The van der Waals surface area contributed by atoms with Crippen LogP contribution < -0.4 is 4.74 Å². The summed E-state index contributed by atoms with van der Waals surface area (Å²) in [6.07, 6.45) is 5.59. The van der Waals surface area contributed by atoms with Gasteiger partial charge in [-0.15, -0.1) is 0 Å². The van der Waals surface area contributed by atoms with Crippen LogP contribution in [0.3, 0.4) is 0 Å². The van der Waals surface area contributed by atoms with E-state index >= 15 is 0 Å². The Balaban J connectivity index is 2.10. The van der Waals surface area contributed by atoms with Gasteiger partial charge in [-0.2, -0.15) is 5.26 Å². The van der Waals surface area contributed by atoms with Gasteiger partial charge < -0.3 is 4.74 Å². The van der Waals surface area contributed by atoms with Crippen LogP contribution in [0.2, 0.25) is 0 Å². The molecule has 1 fully saturated rings. The highest BCUT2D eigenvalue weighted by Gasteiger charge is 2.33. The number of nitrogens with zero attached hydrogens (tertiary/aromatic N) is 1. The third-order valence-electron chi connectivity index (χ3n) is 3.91. The van der Waals surface area contributed by atoms with Crippen molar-refractivity contribution < 1.29 is 4.74 Å². The summed E-state index contributed by atoms with van der Waals surface area (Å²) in [4.78, 5) is 0. The first-order valence-corrected chi connectivity index (χ1v) is 7.31. The van der Waals surface area contributed by atoms with Crippen molar-refractivity contribution in [1.82, 2.24) is 0 Å². The molecule has 0 amide bonds. The number of hydrogen-bond donors (Lipinski definition) is 0. The van der Waals surface area contributed by atoms with Gasteiger partial charge in [0.05, 0.1) is 18.1 Å². The van der Waals surface area contributed by atoms with Crippen LogP contribution in [-0.4, -0.2) is 6.61 Å². The molecule has 0 N–H and O–H groups in total. The molecule has 0 aromatic heterocycles. The van der Waals surface area contributed by atoms with Crippen molar-refractivity contribution in [3.63, 3.8) is 0 Å². The fourth-order valence-corrected chi connectivity index (χ4v) is 2.75. The SMILES string of the molecule is CC(C)COc1ccc(C2(C#N)CCCCC2)cc1. The number of hydrogen-bond acceptors (Lipinski definition) is 2. The van der Waals surface area contributed by atoms with Crippen LogP contribution >= 0.6 is 0 Å². The second kappa shape index (κ2) is 6.10. The van der Waals surface area contributed by atoms with Gasteiger partial charge in [0.2, 0.25) is 0 Å². The quantitative estimate of drug-likeness (QED) is 0.798. The third-order valence-corrected chi connectivity index (χ3v) is 3.91. The molecule has 0 heterocycles. The van der Waals surface area contributed by atoms with Crippen molar-refractivity contribution in [2.24, 2.45) is 5.92 Å². The Morgan fingerprint density at radius 3 is 2.32 bits per heavy atom. The topological polar surface area (TPSA) is 33.0 Å². The summed E-state index contributed by atoms with van der Waals surface area (Å²) in [7, 11) is 0. The molecule has 1 aliphatic carbocycles. The van der Waals surface area contributed by atoms with Gasteiger partial charge in [0.15, 0.2) is 0 Å². The lowest BCUT2D eigenvalue weighted by atomic mass is 9.70. The molecule has 0 unspecified atom stereocenters. The minimum atomic E-state index is -0.255. The van der Waals surface area contributed by atoms with E-state index in [1.165, 1.54) is 19.3 Å². The molecule has 1 saturated carbocycles. The van der Waals surface area contributed by atoms with Crippen LogP contribution in [0.5, 0.6) is 5.75 Å². The minimum Gasteiger partial charge on any atom is -0.493 e. The van der Waals surface area contributed by atoms with Crippen LogP contribution in [0.4, 0.5) is 0 Å². The molecule has 0 bridgehead atoms. The van der Waals surface area contributed by atoms with Crippen molar-refractivity contribution in [2.75, 3.05) is 6.61 Å². The zero-order valence-electron chi connectivity index (χ0n) is 12.0. The van der Waals surface area contributed by atoms with E-state index in [1.54, 1.807) is 0 Å². The van der Waals surface area contributed by atoms with E-state index in [4.69, 9.17) is 4.74 Å². The molecular weight excluding hydrogens is 234 g/mol. The average molecular weight is 257 g/mol. The summed E-state index contributed by atoms with van der Waals surface area (Å²) in [6, 6.07) is 10.7. The van der Waals surface area contributed by atoms with Gasteiger partial charge in [0.25, 0.3) is 0 Å². The molecule has 2 nitrogen and oxygen atoms in total. The van der Waals surface area contributed by atoms with Crippen LogP contribution in [-0.2, 0) is 5.41 Å². The van der Waals surface area contributed by atoms with Gasteiger partial charge in [-0.1, -0.05) is 45.2 Å². The summed E-state index contributed by atoms with van der Waals surface area (Å²) in [5.74, 6) is 1.44. The molecule has 0 spiro atoms. The Morgan fingerprint density at radius 2 is 1.79 bits per heavy atom. The van der Waals surface area contributed by atoms with Gasteiger partial charge in [-0.05, 0) is 36.5 Å². The molecule has 1 aromatic carbocycles. The van der Waals surface area contributed by atoms with Gasteiger partial charge in [0.1, 0.15) is 5.75 Å². The lowest BCUT2D eigenvalue weighted by Gasteiger charge is -2.31. The van der Waals surface area contributed by atoms with Gasteiger partial charge >= 0.3 is 0 Å². The Kier molecular flexibility index (Phi) is 4.47. The normalized spacial score (nSPS) is 18.0.